The number of carbonyl (C=O) groups is 1. The monoisotopic (exact) mass is 195 g/mol. The van der Waals surface area contributed by atoms with Crippen LogP contribution in [0.4, 0.5) is 0 Å². The highest BCUT2D eigenvalue weighted by Crippen LogP contribution is 2.12. The fourth-order valence-electron chi connectivity index (χ4n) is 0.940. The van der Waals surface area contributed by atoms with E-state index in [1.54, 1.807) is 24.3 Å². The standard InChI is InChI=1S/C8H6ClN3O/c9-5-6-3-1-2-4-7(6)8(13)11-12-10/h1-4H,5H2. The van der Waals surface area contributed by atoms with Gasteiger partial charge in [0.2, 0.25) is 5.91 Å². The molecule has 0 spiro atoms. The van der Waals surface area contributed by atoms with Crippen LogP contribution < -0.4 is 0 Å². The van der Waals surface area contributed by atoms with Crippen molar-refractivity contribution in [3.05, 3.63) is 45.8 Å². The predicted molar refractivity (Wildman–Crippen MR) is 49.5 cm³/mol. The Hall–Kier alpha value is -1.51. The number of halogens is 1. The second-order valence-electron chi connectivity index (χ2n) is 2.29. The largest absolute Gasteiger partial charge is 0.287 e. The lowest BCUT2D eigenvalue weighted by Gasteiger charge is -2.00. The minimum Gasteiger partial charge on any atom is -0.287 e. The van der Waals surface area contributed by atoms with E-state index in [9.17, 15) is 4.79 Å². The molecule has 0 saturated heterocycles. The predicted octanol–water partition coefficient (Wildman–Crippen LogP) is 2.88. The van der Waals surface area contributed by atoms with Gasteiger partial charge in [-0.15, -0.1) is 11.6 Å². The third kappa shape index (κ3) is 2.21. The Balaban J connectivity index is 3.12. The molecule has 66 valence electrons. The van der Waals surface area contributed by atoms with Crippen molar-refractivity contribution < 1.29 is 4.79 Å². The number of hydrogen-bond donors (Lipinski definition) is 0. The van der Waals surface area contributed by atoms with E-state index in [1.165, 1.54) is 0 Å². The zero-order valence-electron chi connectivity index (χ0n) is 6.64. The maximum atomic E-state index is 11.1. The lowest BCUT2D eigenvalue weighted by atomic mass is 10.1. The van der Waals surface area contributed by atoms with Crippen molar-refractivity contribution in [2.24, 2.45) is 5.11 Å². The molecule has 5 heteroatoms. The first-order valence-corrected chi connectivity index (χ1v) is 4.06. The Morgan fingerprint density at radius 1 is 1.54 bits per heavy atom. The smallest absolute Gasteiger partial charge is 0.249 e. The van der Waals surface area contributed by atoms with Crippen LogP contribution in [-0.4, -0.2) is 5.91 Å². The van der Waals surface area contributed by atoms with Gasteiger partial charge in [0.25, 0.3) is 0 Å². The highest BCUT2D eigenvalue weighted by molar-refractivity contribution is 6.17. The van der Waals surface area contributed by atoms with Gasteiger partial charge in [-0.05, 0) is 16.2 Å². The molecule has 1 amide bonds. The van der Waals surface area contributed by atoms with Crippen molar-refractivity contribution in [1.29, 1.82) is 0 Å². The Morgan fingerprint density at radius 2 is 2.23 bits per heavy atom. The molecule has 1 aromatic rings. The van der Waals surface area contributed by atoms with Crippen LogP contribution in [0.2, 0.25) is 0 Å². The van der Waals surface area contributed by atoms with Crippen molar-refractivity contribution in [1.82, 2.24) is 0 Å². The van der Waals surface area contributed by atoms with Crippen LogP contribution in [0, 0.1) is 0 Å². The van der Waals surface area contributed by atoms with Gasteiger partial charge in [0.1, 0.15) is 0 Å². The molecule has 0 heterocycles. The summed E-state index contributed by atoms with van der Waals surface area (Å²) in [4.78, 5) is 13.6. The summed E-state index contributed by atoms with van der Waals surface area (Å²) in [5, 5.41) is 2.99. The lowest BCUT2D eigenvalue weighted by Crippen LogP contribution is -1.97. The summed E-state index contributed by atoms with van der Waals surface area (Å²) < 4.78 is 0. The molecule has 1 aromatic carbocycles. The van der Waals surface area contributed by atoms with Crippen LogP contribution in [0.5, 0.6) is 0 Å². The highest BCUT2D eigenvalue weighted by Gasteiger charge is 2.06. The summed E-state index contributed by atoms with van der Waals surface area (Å²) in [5.41, 5.74) is 9.09. The molecule has 0 aliphatic carbocycles. The minimum absolute atomic E-state index is 0.225. The molecular weight excluding hydrogens is 190 g/mol. The van der Waals surface area contributed by atoms with E-state index in [2.05, 4.69) is 10.0 Å². The summed E-state index contributed by atoms with van der Waals surface area (Å²) in [6, 6.07) is 6.75. The van der Waals surface area contributed by atoms with E-state index < -0.39 is 5.91 Å². The molecule has 1 rings (SSSR count). The molecule has 0 unspecified atom stereocenters. The first-order valence-electron chi connectivity index (χ1n) is 3.53. The van der Waals surface area contributed by atoms with Gasteiger partial charge in [-0.25, -0.2) is 0 Å². The Labute approximate surface area is 79.8 Å². The number of nitrogens with zero attached hydrogens (tertiary/aromatic N) is 3. The van der Waals surface area contributed by atoms with Gasteiger partial charge in [0.15, 0.2) is 0 Å². The third-order valence-corrected chi connectivity index (χ3v) is 1.82. The topological polar surface area (TPSA) is 65.8 Å². The zero-order chi connectivity index (χ0) is 9.68. The number of hydrogen-bond acceptors (Lipinski definition) is 1. The van der Waals surface area contributed by atoms with E-state index in [-0.39, 0.29) is 5.88 Å². The minimum atomic E-state index is -0.598. The number of carbonyl (C=O) groups excluding carboxylic acids is 1. The van der Waals surface area contributed by atoms with Crippen LogP contribution in [0.1, 0.15) is 15.9 Å². The average Bonchev–Trinajstić information content (AvgIpc) is 2.18. The summed E-state index contributed by atoms with van der Waals surface area (Å²) in [5.74, 6) is -0.373. The van der Waals surface area contributed by atoms with Crippen LogP contribution in [-0.2, 0) is 5.88 Å². The van der Waals surface area contributed by atoms with Crippen LogP contribution in [0.25, 0.3) is 10.4 Å². The molecule has 0 saturated carbocycles. The van der Waals surface area contributed by atoms with Crippen LogP contribution >= 0.6 is 11.6 Å². The van der Waals surface area contributed by atoms with E-state index in [0.29, 0.717) is 11.1 Å². The fourth-order valence-corrected chi connectivity index (χ4v) is 1.17. The van der Waals surface area contributed by atoms with E-state index >= 15 is 0 Å². The van der Waals surface area contributed by atoms with Crippen LogP contribution in [0.15, 0.2) is 29.4 Å². The van der Waals surface area contributed by atoms with Crippen LogP contribution in [0.3, 0.4) is 0 Å². The number of alkyl halides is 1. The molecule has 4 nitrogen and oxygen atoms in total. The second-order valence-corrected chi connectivity index (χ2v) is 2.55. The van der Waals surface area contributed by atoms with Crippen molar-refractivity contribution in [3.8, 4) is 0 Å². The fraction of sp³-hybridized carbons (Fsp3) is 0.125. The first-order chi connectivity index (χ1) is 6.29. The Kier molecular flexibility index (Phi) is 3.31. The zero-order valence-corrected chi connectivity index (χ0v) is 7.40. The number of amides is 1. The molecule has 0 fully saturated rings. The number of azide groups is 1. The lowest BCUT2D eigenvalue weighted by molar-refractivity contribution is 0.0999. The van der Waals surface area contributed by atoms with E-state index in [4.69, 9.17) is 17.1 Å². The first kappa shape index (κ1) is 9.58. The molecule has 0 N–H and O–H groups in total. The van der Waals surface area contributed by atoms with Gasteiger partial charge in [-0.1, -0.05) is 24.3 Å². The normalized spacial score (nSPS) is 9.00. The quantitative estimate of drug-likeness (QED) is 0.310. The second kappa shape index (κ2) is 4.50. The van der Waals surface area contributed by atoms with Gasteiger partial charge in [0, 0.05) is 16.4 Å². The molecule has 0 aromatic heterocycles. The molecule has 0 aliphatic heterocycles. The number of benzene rings is 1. The summed E-state index contributed by atoms with van der Waals surface area (Å²) in [6.07, 6.45) is 0. The SMILES string of the molecule is [N-]=[N+]=NC(=O)c1ccccc1CCl. The molecule has 0 atom stereocenters. The summed E-state index contributed by atoms with van der Waals surface area (Å²) in [6.45, 7) is 0. The molecule has 0 bridgehead atoms. The Bertz CT molecular complexity index is 371. The summed E-state index contributed by atoms with van der Waals surface area (Å²) >= 11 is 5.59. The number of rotatable bonds is 2. The third-order valence-electron chi connectivity index (χ3n) is 1.53. The van der Waals surface area contributed by atoms with Crippen molar-refractivity contribution in [3.63, 3.8) is 0 Å². The van der Waals surface area contributed by atoms with Crippen molar-refractivity contribution in [2.45, 2.75) is 5.88 Å². The Morgan fingerprint density at radius 3 is 2.85 bits per heavy atom. The van der Waals surface area contributed by atoms with Gasteiger partial charge in [-0.2, -0.15) is 0 Å². The maximum Gasteiger partial charge on any atom is 0.249 e. The van der Waals surface area contributed by atoms with Gasteiger partial charge in [-0.3, -0.25) is 4.79 Å². The van der Waals surface area contributed by atoms with Crippen molar-refractivity contribution in [2.75, 3.05) is 0 Å². The molecule has 13 heavy (non-hydrogen) atoms. The van der Waals surface area contributed by atoms with Gasteiger partial charge in [0.05, 0.1) is 0 Å². The highest BCUT2D eigenvalue weighted by atomic mass is 35.5. The van der Waals surface area contributed by atoms with Crippen molar-refractivity contribution >= 4 is 17.5 Å². The molecule has 0 aliphatic rings. The van der Waals surface area contributed by atoms with Gasteiger partial charge < -0.3 is 0 Å². The average molecular weight is 196 g/mol. The molecular formula is C8H6ClN3O. The molecule has 0 radical (unpaired) electrons. The summed E-state index contributed by atoms with van der Waals surface area (Å²) in [7, 11) is 0. The van der Waals surface area contributed by atoms with E-state index in [0.717, 1.165) is 0 Å². The van der Waals surface area contributed by atoms with E-state index in [1.807, 2.05) is 0 Å². The van der Waals surface area contributed by atoms with Gasteiger partial charge >= 0.3 is 0 Å². The maximum absolute atomic E-state index is 11.1.